The van der Waals surface area contributed by atoms with E-state index in [1.807, 2.05) is 24.1 Å². The summed E-state index contributed by atoms with van der Waals surface area (Å²) in [6.45, 7) is 1.31. The SMILES string of the molecule is CN(CC=O)CCc1ccc2c(c1)CC(=O)N2. The maximum atomic E-state index is 11.2. The number of carbonyl (C=O) groups excluding carboxylic acids is 2. The highest BCUT2D eigenvalue weighted by Crippen LogP contribution is 2.23. The number of aldehydes is 1. The molecule has 1 amide bonds. The highest BCUT2D eigenvalue weighted by atomic mass is 16.1. The fourth-order valence-corrected chi connectivity index (χ4v) is 1.98. The summed E-state index contributed by atoms with van der Waals surface area (Å²) in [5.74, 6) is 0.0650. The number of nitrogens with zero attached hydrogens (tertiary/aromatic N) is 1. The molecule has 0 radical (unpaired) electrons. The van der Waals surface area contributed by atoms with Crippen LogP contribution in [0, 0.1) is 0 Å². The Morgan fingerprint density at radius 3 is 3.06 bits per heavy atom. The molecule has 90 valence electrons. The number of hydrogen-bond donors (Lipinski definition) is 1. The van der Waals surface area contributed by atoms with Gasteiger partial charge < -0.3 is 10.1 Å². The standard InChI is InChI=1S/C13H16N2O2/c1-15(6-7-16)5-4-10-2-3-12-11(8-10)9-13(17)14-12/h2-3,7-8H,4-6,9H2,1H3,(H,14,17). The first-order chi connectivity index (χ1) is 8.19. The van der Waals surface area contributed by atoms with Gasteiger partial charge in [0, 0.05) is 12.2 Å². The first kappa shape index (κ1) is 11.8. The van der Waals surface area contributed by atoms with E-state index in [0.29, 0.717) is 13.0 Å². The van der Waals surface area contributed by atoms with Crippen LogP contribution in [-0.4, -0.2) is 37.2 Å². The summed E-state index contributed by atoms with van der Waals surface area (Å²) in [5.41, 5.74) is 3.21. The molecule has 0 aromatic heterocycles. The second kappa shape index (κ2) is 5.10. The van der Waals surface area contributed by atoms with Gasteiger partial charge in [0.05, 0.1) is 13.0 Å². The van der Waals surface area contributed by atoms with E-state index >= 15 is 0 Å². The molecule has 0 unspecified atom stereocenters. The van der Waals surface area contributed by atoms with Crippen molar-refractivity contribution in [2.24, 2.45) is 0 Å². The lowest BCUT2D eigenvalue weighted by Crippen LogP contribution is -2.23. The minimum Gasteiger partial charge on any atom is -0.326 e. The van der Waals surface area contributed by atoms with Crippen molar-refractivity contribution < 1.29 is 9.59 Å². The van der Waals surface area contributed by atoms with Gasteiger partial charge in [0.1, 0.15) is 6.29 Å². The molecular weight excluding hydrogens is 216 g/mol. The van der Waals surface area contributed by atoms with Gasteiger partial charge in [0.15, 0.2) is 0 Å². The summed E-state index contributed by atoms with van der Waals surface area (Å²) >= 11 is 0. The molecule has 0 saturated heterocycles. The van der Waals surface area contributed by atoms with Gasteiger partial charge in [-0.05, 0) is 30.7 Å². The topological polar surface area (TPSA) is 49.4 Å². The Morgan fingerprint density at radius 2 is 2.29 bits per heavy atom. The van der Waals surface area contributed by atoms with Crippen molar-refractivity contribution in [3.8, 4) is 0 Å². The normalized spacial score (nSPS) is 13.6. The summed E-state index contributed by atoms with van der Waals surface area (Å²) < 4.78 is 0. The van der Waals surface area contributed by atoms with Gasteiger partial charge in [-0.3, -0.25) is 9.69 Å². The second-order valence-corrected chi connectivity index (χ2v) is 4.40. The molecular formula is C13H16N2O2. The summed E-state index contributed by atoms with van der Waals surface area (Å²) in [7, 11) is 1.92. The van der Waals surface area contributed by atoms with E-state index < -0.39 is 0 Å². The van der Waals surface area contributed by atoms with Gasteiger partial charge in [0.2, 0.25) is 5.91 Å². The van der Waals surface area contributed by atoms with Crippen LogP contribution in [0.25, 0.3) is 0 Å². The van der Waals surface area contributed by atoms with E-state index in [1.165, 1.54) is 5.56 Å². The van der Waals surface area contributed by atoms with E-state index in [1.54, 1.807) is 0 Å². The monoisotopic (exact) mass is 232 g/mol. The number of nitrogens with one attached hydrogen (secondary N) is 1. The molecule has 4 heteroatoms. The van der Waals surface area contributed by atoms with Crippen molar-refractivity contribution >= 4 is 17.9 Å². The molecule has 0 atom stereocenters. The Bertz CT molecular complexity index is 443. The maximum Gasteiger partial charge on any atom is 0.228 e. The minimum atomic E-state index is 0.0650. The van der Waals surface area contributed by atoms with Crippen LogP contribution in [0.15, 0.2) is 18.2 Å². The largest absolute Gasteiger partial charge is 0.326 e. The van der Waals surface area contributed by atoms with Crippen molar-refractivity contribution in [2.75, 3.05) is 25.5 Å². The molecule has 0 spiro atoms. The molecule has 2 rings (SSSR count). The average molecular weight is 232 g/mol. The van der Waals surface area contributed by atoms with Gasteiger partial charge in [-0.1, -0.05) is 12.1 Å². The van der Waals surface area contributed by atoms with Crippen LogP contribution in [0.2, 0.25) is 0 Å². The lowest BCUT2D eigenvalue weighted by atomic mass is 10.1. The van der Waals surface area contributed by atoms with Gasteiger partial charge in [-0.15, -0.1) is 0 Å². The molecule has 0 bridgehead atoms. The van der Waals surface area contributed by atoms with Crippen LogP contribution in [0.4, 0.5) is 5.69 Å². The molecule has 0 saturated carbocycles. The third kappa shape index (κ3) is 2.91. The number of likely N-dealkylation sites (N-methyl/N-ethyl adjacent to an activating group) is 1. The quantitative estimate of drug-likeness (QED) is 0.766. The van der Waals surface area contributed by atoms with E-state index in [9.17, 15) is 9.59 Å². The van der Waals surface area contributed by atoms with Gasteiger partial charge in [0.25, 0.3) is 0 Å². The molecule has 1 heterocycles. The summed E-state index contributed by atoms with van der Waals surface area (Å²) in [5, 5.41) is 2.81. The molecule has 17 heavy (non-hydrogen) atoms. The average Bonchev–Trinajstić information content (AvgIpc) is 2.66. The van der Waals surface area contributed by atoms with Crippen molar-refractivity contribution in [1.82, 2.24) is 4.90 Å². The van der Waals surface area contributed by atoms with Crippen LogP contribution in [-0.2, 0) is 22.4 Å². The highest BCUT2D eigenvalue weighted by molar-refractivity contribution is 5.99. The van der Waals surface area contributed by atoms with Crippen molar-refractivity contribution in [1.29, 1.82) is 0 Å². The number of anilines is 1. The molecule has 4 nitrogen and oxygen atoms in total. The number of amides is 1. The number of fused-ring (bicyclic) bond motifs is 1. The van der Waals surface area contributed by atoms with Crippen LogP contribution in [0.3, 0.4) is 0 Å². The smallest absolute Gasteiger partial charge is 0.228 e. The van der Waals surface area contributed by atoms with E-state index in [-0.39, 0.29) is 5.91 Å². The third-order valence-electron chi connectivity index (χ3n) is 2.96. The predicted molar refractivity (Wildman–Crippen MR) is 66.0 cm³/mol. The molecule has 1 aliphatic rings. The molecule has 1 N–H and O–H groups in total. The number of hydrogen-bond acceptors (Lipinski definition) is 3. The van der Waals surface area contributed by atoms with E-state index in [4.69, 9.17) is 0 Å². The van der Waals surface area contributed by atoms with Crippen molar-refractivity contribution in [3.63, 3.8) is 0 Å². The Kier molecular flexibility index (Phi) is 3.54. The zero-order valence-corrected chi connectivity index (χ0v) is 9.90. The van der Waals surface area contributed by atoms with E-state index in [2.05, 4.69) is 11.4 Å². The second-order valence-electron chi connectivity index (χ2n) is 4.40. The lowest BCUT2D eigenvalue weighted by Gasteiger charge is -2.13. The molecule has 0 aliphatic carbocycles. The Hall–Kier alpha value is -1.68. The van der Waals surface area contributed by atoms with Gasteiger partial charge in [-0.2, -0.15) is 0 Å². The number of benzene rings is 1. The van der Waals surface area contributed by atoms with Crippen molar-refractivity contribution in [2.45, 2.75) is 12.8 Å². The maximum absolute atomic E-state index is 11.2. The fourth-order valence-electron chi connectivity index (χ4n) is 1.98. The van der Waals surface area contributed by atoms with Gasteiger partial charge >= 0.3 is 0 Å². The Morgan fingerprint density at radius 1 is 1.47 bits per heavy atom. The van der Waals surface area contributed by atoms with Crippen LogP contribution in [0.1, 0.15) is 11.1 Å². The molecule has 1 aliphatic heterocycles. The predicted octanol–water partition coefficient (Wildman–Crippen LogP) is 0.854. The van der Waals surface area contributed by atoms with Crippen LogP contribution in [0.5, 0.6) is 0 Å². The molecule has 1 aromatic carbocycles. The third-order valence-corrected chi connectivity index (χ3v) is 2.96. The highest BCUT2D eigenvalue weighted by Gasteiger charge is 2.17. The summed E-state index contributed by atoms with van der Waals surface area (Å²) in [4.78, 5) is 23.5. The zero-order valence-electron chi connectivity index (χ0n) is 9.90. The van der Waals surface area contributed by atoms with Crippen LogP contribution >= 0.6 is 0 Å². The van der Waals surface area contributed by atoms with Crippen LogP contribution < -0.4 is 5.32 Å². The first-order valence-corrected chi connectivity index (χ1v) is 5.73. The summed E-state index contributed by atoms with van der Waals surface area (Å²) in [6.07, 6.45) is 2.28. The van der Waals surface area contributed by atoms with Gasteiger partial charge in [-0.25, -0.2) is 0 Å². The number of rotatable bonds is 5. The summed E-state index contributed by atoms with van der Waals surface area (Å²) in [6, 6.07) is 6.05. The van der Waals surface area contributed by atoms with Crippen molar-refractivity contribution in [3.05, 3.63) is 29.3 Å². The van der Waals surface area contributed by atoms with E-state index in [0.717, 1.165) is 30.5 Å². The number of carbonyl (C=O) groups is 2. The zero-order chi connectivity index (χ0) is 12.3. The first-order valence-electron chi connectivity index (χ1n) is 5.73. The lowest BCUT2D eigenvalue weighted by molar-refractivity contribution is -0.115. The minimum absolute atomic E-state index is 0.0650. The Labute approximate surface area is 101 Å². The molecule has 1 aromatic rings. The fraction of sp³-hybridized carbons (Fsp3) is 0.385. The molecule has 0 fully saturated rings. The Balaban J connectivity index is 1.97.